The number of nitrogens with one attached hydrogen (secondary N) is 1. The van der Waals surface area contributed by atoms with Crippen LogP contribution in [0.2, 0.25) is 0 Å². The maximum absolute atomic E-state index is 4.47. The fourth-order valence-corrected chi connectivity index (χ4v) is 2.96. The van der Waals surface area contributed by atoms with Crippen molar-refractivity contribution in [2.45, 2.75) is 19.3 Å². The average molecular weight is 268 g/mol. The van der Waals surface area contributed by atoms with Crippen LogP contribution in [0.25, 0.3) is 0 Å². The molecule has 0 saturated carbocycles. The number of rotatable bonds is 3. The van der Waals surface area contributed by atoms with Crippen LogP contribution in [0.1, 0.15) is 23.5 Å². The highest BCUT2D eigenvalue weighted by molar-refractivity contribution is 5.58. The van der Waals surface area contributed by atoms with Crippen LogP contribution in [0.3, 0.4) is 0 Å². The predicted octanol–water partition coefficient (Wildman–Crippen LogP) is 2.82. The van der Waals surface area contributed by atoms with E-state index in [1.54, 1.807) is 6.33 Å². The van der Waals surface area contributed by atoms with Crippen molar-refractivity contribution in [3.05, 3.63) is 47.8 Å². The summed E-state index contributed by atoms with van der Waals surface area (Å²) in [5.41, 5.74) is 2.55. The zero-order valence-corrected chi connectivity index (χ0v) is 12.0. The third kappa shape index (κ3) is 2.33. The standard InChI is InChI=1S/C16H20N4/c1-12-15(17-2)18-11-19-16(12)20-9-8-14(10-20)13-6-4-3-5-7-13/h3-7,11,14H,8-10H2,1-2H3,(H,17,18,19). The van der Waals surface area contributed by atoms with Gasteiger partial charge in [-0.05, 0) is 18.9 Å². The summed E-state index contributed by atoms with van der Waals surface area (Å²) in [6.45, 7) is 4.17. The van der Waals surface area contributed by atoms with Gasteiger partial charge in [-0.25, -0.2) is 9.97 Å². The van der Waals surface area contributed by atoms with E-state index in [-0.39, 0.29) is 0 Å². The van der Waals surface area contributed by atoms with Crippen molar-refractivity contribution in [1.29, 1.82) is 0 Å². The summed E-state index contributed by atoms with van der Waals surface area (Å²) in [6, 6.07) is 10.8. The summed E-state index contributed by atoms with van der Waals surface area (Å²) in [5.74, 6) is 2.57. The van der Waals surface area contributed by atoms with E-state index in [1.807, 2.05) is 7.05 Å². The van der Waals surface area contributed by atoms with Gasteiger partial charge in [-0.3, -0.25) is 0 Å². The van der Waals surface area contributed by atoms with Gasteiger partial charge in [0.25, 0.3) is 0 Å². The minimum absolute atomic E-state index is 0.601. The summed E-state index contributed by atoms with van der Waals surface area (Å²) in [5, 5.41) is 3.12. The lowest BCUT2D eigenvalue weighted by Gasteiger charge is -2.20. The normalized spacial score (nSPS) is 18.3. The molecule has 1 aliphatic rings. The molecule has 104 valence electrons. The first-order chi connectivity index (χ1) is 9.79. The van der Waals surface area contributed by atoms with Crippen LogP contribution in [-0.2, 0) is 0 Å². The molecule has 4 nitrogen and oxygen atoms in total. The van der Waals surface area contributed by atoms with Crippen molar-refractivity contribution in [2.24, 2.45) is 0 Å². The molecule has 0 bridgehead atoms. The van der Waals surface area contributed by atoms with Crippen molar-refractivity contribution in [1.82, 2.24) is 9.97 Å². The third-order valence-corrected chi connectivity index (χ3v) is 4.05. The van der Waals surface area contributed by atoms with E-state index < -0.39 is 0 Å². The Bertz CT molecular complexity index is 582. The van der Waals surface area contributed by atoms with Crippen LogP contribution < -0.4 is 10.2 Å². The monoisotopic (exact) mass is 268 g/mol. The molecular formula is C16H20N4. The SMILES string of the molecule is CNc1ncnc(N2CCC(c3ccccc3)C2)c1C. The molecule has 4 heteroatoms. The number of anilines is 2. The smallest absolute Gasteiger partial charge is 0.137 e. The summed E-state index contributed by atoms with van der Waals surface area (Å²) < 4.78 is 0. The molecule has 1 unspecified atom stereocenters. The molecule has 0 spiro atoms. The van der Waals surface area contributed by atoms with Gasteiger partial charge in [0.1, 0.15) is 18.0 Å². The van der Waals surface area contributed by atoms with Gasteiger partial charge in [-0.15, -0.1) is 0 Å². The molecule has 0 aliphatic carbocycles. The molecular weight excluding hydrogens is 248 g/mol. The van der Waals surface area contributed by atoms with Gasteiger partial charge in [0.2, 0.25) is 0 Å². The zero-order valence-electron chi connectivity index (χ0n) is 12.0. The Morgan fingerprint density at radius 3 is 2.75 bits per heavy atom. The van der Waals surface area contributed by atoms with E-state index in [0.717, 1.165) is 30.3 Å². The number of benzene rings is 1. The van der Waals surface area contributed by atoms with Crippen LogP contribution in [0.5, 0.6) is 0 Å². The second kappa shape index (κ2) is 5.49. The van der Waals surface area contributed by atoms with Gasteiger partial charge in [0.05, 0.1) is 0 Å². The fraction of sp³-hybridized carbons (Fsp3) is 0.375. The number of nitrogens with zero attached hydrogens (tertiary/aromatic N) is 3. The highest BCUT2D eigenvalue weighted by Gasteiger charge is 2.26. The molecule has 2 heterocycles. The van der Waals surface area contributed by atoms with E-state index in [2.05, 4.69) is 57.4 Å². The van der Waals surface area contributed by atoms with Crippen molar-refractivity contribution in [2.75, 3.05) is 30.4 Å². The molecule has 1 fully saturated rings. The van der Waals surface area contributed by atoms with Crippen molar-refractivity contribution >= 4 is 11.6 Å². The summed E-state index contributed by atoms with van der Waals surface area (Å²) in [4.78, 5) is 11.1. The van der Waals surface area contributed by atoms with Crippen LogP contribution >= 0.6 is 0 Å². The van der Waals surface area contributed by atoms with E-state index in [9.17, 15) is 0 Å². The Balaban J connectivity index is 1.81. The van der Waals surface area contributed by atoms with Crippen molar-refractivity contribution < 1.29 is 0 Å². The highest BCUT2D eigenvalue weighted by atomic mass is 15.2. The van der Waals surface area contributed by atoms with E-state index in [4.69, 9.17) is 0 Å². The minimum atomic E-state index is 0.601. The number of hydrogen-bond donors (Lipinski definition) is 1. The first kappa shape index (κ1) is 12.9. The molecule has 1 aromatic heterocycles. The molecule has 2 aromatic rings. The van der Waals surface area contributed by atoms with Gasteiger partial charge in [-0.1, -0.05) is 30.3 Å². The summed E-state index contributed by atoms with van der Waals surface area (Å²) in [6.07, 6.45) is 2.83. The molecule has 3 rings (SSSR count). The highest BCUT2D eigenvalue weighted by Crippen LogP contribution is 2.32. The summed E-state index contributed by atoms with van der Waals surface area (Å²) >= 11 is 0. The lowest BCUT2D eigenvalue weighted by molar-refractivity contribution is 0.774. The maximum atomic E-state index is 4.47. The Morgan fingerprint density at radius 1 is 1.20 bits per heavy atom. The lowest BCUT2D eigenvalue weighted by atomic mass is 9.99. The second-order valence-electron chi connectivity index (χ2n) is 5.26. The van der Waals surface area contributed by atoms with E-state index in [0.29, 0.717) is 5.92 Å². The van der Waals surface area contributed by atoms with Gasteiger partial charge < -0.3 is 10.2 Å². The second-order valence-corrected chi connectivity index (χ2v) is 5.26. The van der Waals surface area contributed by atoms with Gasteiger partial charge >= 0.3 is 0 Å². The first-order valence-corrected chi connectivity index (χ1v) is 7.09. The Kier molecular flexibility index (Phi) is 3.54. The average Bonchev–Trinajstić information content (AvgIpc) is 2.98. The zero-order chi connectivity index (χ0) is 13.9. The van der Waals surface area contributed by atoms with Gasteiger partial charge in [0.15, 0.2) is 0 Å². The lowest BCUT2D eigenvalue weighted by Crippen LogP contribution is -2.22. The molecule has 0 radical (unpaired) electrons. The van der Waals surface area contributed by atoms with Crippen molar-refractivity contribution in [3.8, 4) is 0 Å². The van der Waals surface area contributed by atoms with Gasteiger partial charge in [0, 0.05) is 31.6 Å². The van der Waals surface area contributed by atoms with Crippen molar-refractivity contribution in [3.63, 3.8) is 0 Å². The number of aromatic nitrogens is 2. The molecule has 1 atom stereocenters. The Labute approximate surface area is 119 Å². The Morgan fingerprint density at radius 2 is 2.00 bits per heavy atom. The van der Waals surface area contributed by atoms with Gasteiger partial charge in [-0.2, -0.15) is 0 Å². The molecule has 1 aliphatic heterocycles. The van der Waals surface area contributed by atoms with Crippen LogP contribution in [0.4, 0.5) is 11.6 Å². The molecule has 1 saturated heterocycles. The molecule has 20 heavy (non-hydrogen) atoms. The fourth-order valence-electron chi connectivity index (χ4n) is 2.96. The maximum Gasteiger partial charge on any atom is 0.137 e. The quantitative estimate of drug-likeness (QED) is 0.929. The third-order valence-electron chi connectivity index (χ3n) is 4.05. The molecule has 1 aromatic carbocycles. The molecule has 1 N–H and O–H groups in total. The van der Waals surface area contributed by atoms with Crippen LogP contribution in [0.15, 0.2) is 36.7 Å². The predicted molar refractivity (Wildman–Crippen MR) is 82.3 cm³/mol. The minimum Gasteiger partial charge on any atom is -0.373 e. The van der Waals surface area contributed by atoms with Crippen LogP contribution in [0, 0.1) is 6.92 Å². The number of hydrogen-bond acceptors (Lipinski definition) is 4. The first-order valence-electron chi connectivity index (χ1n) is 7.09. The van der Waals surface area contributed by atoms with E-state index in [1.165, 1.54) is 12.0 Å². The van der Waals surface area contributed by atoms with E-state index >= 15 is 0 Å². The Hall–Kier alpha value is -2.10. The summed E-state index contributed by atoms with van der Waals surface area (Å²) in [7, 11) is 1.90. The largest absolute Gasteiger partial charge is 0.373 e. The topological polar surface area (TPSA) is 41.1 Å². The van der Waals surface area contributed by atoms with Crippen LogP contribution in [-0.4, -0.2) is 30.1 Å². The molecule has 0 amide bonds.